The molecule has 0 unspecified atom stereocenters. The Balaban J connectivity index is -0.000000196. The Morgan fingerprint density at radius 2 is 1.88 bits per heavy atom. The summed E-state index contributed by atoms with van der Waals surface area (Å²) in [6, 6.07) is 0. The van der Waals surface area contributed by atoms with Crippen molar-refractivity contribution in [3.8, 4) is 0 Å². The number of hydrogen-bond acceptors (Lipinski definition) is 0. The molecule has 0 nitrogen and oxygen atoms in total. The van der Waals surface area contributed by atoms with E-state index < -0.39 is 0 Å². The first-order chi connectivity index (χ1) is 4.62. The predicted molar refractivity (Wildman–Crippen MR) is 43.2 cm³/mol. The van der Waals surface area contributed by atoms with Gasteiger partial charge < -0.3 is 0 Å². The summed E-state index contributed by atoms with van der Waals surface area (Å²) in [5.74, 6) is 0. The molecule has 0 aromatic heterocycles. The average Bonchev–Trinajstić information content (AvgIpc) is 1.93. The summed E-state index contributed by atoms with van der Waals surface area (Å²) in [4.78, 5) is 0. The van der Waals surface area contributed by atoms with Gasteiger partial charge in [0.15, 0.2) is 0 Å². The molecule has 0 fully saturated rings. The fourth-order valence-electron chi connectivity index (χ4n) is 0.854. The van der Waals surface area contributed by atoms with Gasteiger partial charge in [-0.1, -0.05) is 40.5 Å². The molecule has 0 aromatic rings. The highest BCUT2D eigenvalue weighted by Crippen LogP contribution is 2.25. The smallest absolute Gasteiger partial charge is 0 e. The molecule has 0 rings (SSSR count). The molecule has 0 aliphatic carbocycles. The first-order valence-corrected chi connectivity index (χ1v) is 3.62. The van der Waals surface area contributed by atoms with E-state index in [1.807, 2.05) is 0 Å². The minimum Gasteiger partial charge on any atom is -0.0654 e. The van der Waals surface area contributed by atoms with E-state index >= 15 is 0 Å². The lowest BCUT2D eigenvalue weighted by atomic mass is 9.86. The van der Waals surface area contributed by atoms with E-state index in [4.69, 9.17) is 2.97 Å². The van der Waals surface area contributed by atoms with Crippen molar-refractivity contribution in [1.82, 2.24) is 0 Å². The summed E-state index contributed by atoms with van der Waals surface area (Å²) >= 11 is 0. The van der Waals surface area contributed by atoms with Gasteiger partial charge in [-0.15, -0.1) is 0 Å². The Kier molecular flexibility index (Phi) is 2.38. The van der Waals surface area contributed by atoms with Gasteiger partial charge in [-0.2, -0.15) is 0 Å². The third kappa shape index (κ3) is 3.06. The maximum atomic E-state index is 5.00. The molecule has 0 spiro atoms. The van der Waals surface area contributed by atoms with E-state index in [9.17, 15) is 0 Å². The van der Waals surface area contributed by atoms with Crippen LogP contribution >= 0.6 is 0 Å². The largest absolute Gasteiger partial charge is 0.0654 e. The summed E-state index contributed by atoms with van der Waals surface area (Å²) in [5.41, 5.74) is 0.592. The SMILES string of the molecule is CCCC(C)(C)CC.[2HH].[2H][2H]. The van der Waals surface area contributed by atoms with Crippen molar-refractivity contribution in [3.63, 3.8) is 0 Å². The highest BCUT2D eigenvalue weighted by Gasteiger charge is 2.11. The molecule has 0 heteroatoms. The normalized spacial score (nSPS) is 13.0. The molecule has 0 N–H and O–H groups in total. The van der Waals surface area contributed by atoms with Gasteiger partial charge >= 0.3 is 0 Å². The summed E-state index contributed by atoms with van der Waals surface area (Å²) < 4.78 is 10.0. The topological polar surface area (TPSA) is 0 Å². The highest BCUT2D eigenvalue weighted by atomic mass is 14.2. The van der Waals surface area contributed by atoms with E-state index in [1.54, 1.807) is 0 Å². The van der Waals surface area contributed by atoms with Crippen LogP contribution in [-0.2, 0) is 0 Å². The van der Waals surface area contributed by atoms with Gasteiger partial charge in [-0.05, 0) is 11.8 Å². The predicted octanol–water partition coefficient (Wildman–Crippen LogP) is 3.71. The standard InChI is InChI=1S/C8H18.2H2/c1-5-7-8(3,4)6-2;;/h5-7H2,1-4H3;2*1H/i;1+1D;1+1. The van der Waals surface area contributed by atoms with Crippen molar-refractivity contribution in [2.45, 2.75) is 47.0 Å². The molecule has 8 heavy (non-hydrogen) atoms. The van der Waals surface area contributed by atoms with Gasteiger partial charge in [0.2, 0.25) is 0 Å². The fourth-order valence-corrected chi connectivity index (χ4v) is 0.854. The first kappa shape index (κ1) is 6.12. The third-order valence-electron chi connectivity index (χ3n) is 1.88. The summed E-state index contributed by atoms with van der Waals surface area (Å²) in [6.45, 7) is 9.17. The lowest BCUT2D eigenvalue weighted by Crippen LogP contribution is -2.07. The highest BCUT2D eigenvalue weighted by molar-refractivity contribution is 4.63. The minimum atomic E-state index is 0. The van der Waals surface area contributed by atoms with Crippen molar-refractivity contribution in [1.29, 1.82) is 0 Å². The van der Waals surface area contributed by atoms with Gasteiger partial charge in [0, 0.05) is 4.40 Å². The van der Waals surface area contributed by atoms with Gasteiger partial charge in [0.1, 0.15) is 0 Å². The number of rotatable bonds is 3. The molecular weight excluding hydrogens is 96.1 g/mol. The van der Waals surface area contributed by atoms with Crippen LogP contribution in [0, 0.1) is 5.41 Å². The zero-order chi connectivity index (χ0) is 8.62. The first-order valence-electron chi connectivity index (χ1n) is 4.62. The van der Waals surface area contributed by atoms with Crippen molar-refractivity contribution < 1.29 is 4.40 Å². The second kappa shape index (κ2) is 3.11. The Bertz CT molecular complexity index is 62.4. The van der Waals surface area contributed by atoms with E-state index in [2.05, 4.69) is 27.7 Å². The molecule has 0 radical (unpaired) electrons. The van der Waals surface area contributed by atoms with Crippen LogP contribution in [0.15, 0.2) is 0 Å². The van der Waals surface area contributed by atoms with Crippen molar-refractivity contribution in [2.75, 3.05) is 0 Å². The molecule has 0 heterocycles. The third-order valence-corrected chi connectivity index (χ3v) is 1.88. The van der Waals surface area contributed by atoms with E-state index in [0.29, 0.717) is 5.41 Å². The Morgan fingerprint density at radius 1 is 1.38 bits per heavy atom. The molecule has 0 atom stereocenters. The van der Waals surface area contributed by atoms with Gasteiger partial charge in [0.05, 0.1) is 0 Å². The van der Waals surface area contributed by atoms with Crippen LogP contribution in [0.3, 0.4) is 0 Å². The summed E-state index contributed by atoms with van der Waals surface area (Å²) in [6.07, 6.45) is 3.99. The number of hydrogen-bond donors (Lipinski definition) is 0. The minimum absolute atomic E-state index is 0. The summed E-state index contributed by atoms with van der Waals surface area (Å²) in [5, 5.41) is 0. The second-order valence-corrected chi connectivity index (χ2v) is 3.27. The van der Waals surface area contributed by atoms with Gasteiger partial charge in [0.25, 0.3) is 0 Å². The van der Waals surface area contributed by atoms with Crippen molar-refractivity contribution in [2.24, 2.45) is 5.41 Å². The maximum absolute atomic E-state index is 5.00. The average molecular weight is 121 g/mol. The van der Waals surface area contributed by atoms with Crippen LogP contribution in [0.25, 0.3) is 0 Å². The zero-order valence-corrected chi connectivity index (χ0v) is 6.62. The maximum Gasteiger partial charge on any atom is 0 e. The van der Waals surface area contributed by atoms with Crippen LogP contribution in [-0.4, -0.2) is 0 Å². The Hall–Kier alpha value is 0. The van der Waals surface area contributed by atoms with Gasteiger partial charge in [-0.25, -0.2) is 0 Å². The molecule has 54 valence electrons. The van der Waals surface area contributed by atoms with Gasteiger partial charge in [-0.3, -0.25) is 0 Å². The zero-order valence-electron chi connectivity index (χ0n) is 8.62. The van der Waals surface area contributed by atoms with E-state index in [1.165, 1.54) is 19.3 Å². The van der Waals surface area contributed by atoms with Crippen LogP contribution in [0.2, 0.25) is 0 Å². The molecular formula is C8H22. The van der Waals surface area contributed by atoms with Crippen LogP contribution in [0.4, 0.5) is 0 Å². The van der Waals surface area contributed by atoms with Crippen molar-refractivity contribution in [3.05, 3.63) is 0 Å². The lowest BCUT2D eigenvalue weighted by Gasteiger charge is -2.20. The Labute approximate surface area is 57.9 Å². The van der Waals surface area contributed by atoms with E-state index in [0.717, 1.165) is 0 Å². The summed E-state index contributed by atoms with van der Waals surface area (Å²) in [7, 11) is 0. The monoisotopic (exact) mass is 121 g/mol. The van der Waals surface area contributed by atoms with E-state index in [-0.39, 0.29) is 1.43 Å². The molecule has 0 amide bonds. The fraction of sp³-hybridized carbons (Fsp3) is 1.00. The van der Waals surface area contributed by atoms with Crippen LogP contribution in [0.1, 0.15) is 51.4 Å². The second-order valence-electron chi connectivity index (χ2n) is 3.27. The molecule has 0 aliphatic rings. The lowest BCUT2D eigenvalue weighted by molar-refractivity contribution is 0.319. The van der Waals surface area contributed by atoms with Crippen molar-refractivity contribution >= 4 is 0 Å². The molecule has 0 saturated heterocycles. The molecule has 0 aromatic carbocycles. The molecule has 0 bridgehead atoms. The molecule has 0 aliphatic heterocycles. The molecule has 0 saturated carbocycles. The quantitative estimate of drug-likeness (QED) is 0.534. The van der Waals surface area contributed by atoms with Crippen LogP contribution in [0.5, 0.6) is 0 Å². The van der Waals surface area contributed by atoms with Crippen LogP contribution < -0.4 is 0 Å². The Morgan fingerprint density at radius 3 is 2.00 bits per heavy atom.